The maximum atomic E-state index is 13.2. The minimum absolute atomic E-state index is 0.178. The van der Waals surface area contributed by atoms with Gasteiger partial charge in [-0.25, -0.2) is 4.79 Å². The van der Waals surface area contributed by atoms with Gasteiger partial charge in [0.15, 0.2) is 0 Å². The minimum atomic E-state index is -1.04. The number of likely N-dealkylation sites (tertiary alicyclic amines) is 2. The number of carbonyl (C=O) groups excluding carboxylic acids is 4. The number of carboxylic acid groups (broad SMARTS) is 1. The van der Waals surface area contributed by atoms with Gasteiger partial charge in [0.2, 0.25) is 23.6 Å². The molecule has 0 aromatic heterocycles. The SMILES string of the molecule is CC[C@H](C)[C@H](NC(=O)[C@@H]1CCCN1C(=O)CNC(=O)[C@@H]1CCCN1)C(=O)N1CCC[C@H]1C(=O)O. The van der Waals surface area contributed by atoms with Gasteiger partial charge in [0, 0.05) is 13.1 Å². The van der Waals surface area contributed by atoms with Crippen LogP contribution in [0.5, 0.6) is 0 Å². The molecule has 0 radical (unpaired) electrons. The van der Waals surface area contributed by atoms with Crippen molar-refractivity contribution in [1.82, 2.24) is 25.8 Å². The second kappa shape index (κ2) is 11.6. The second-order valence-corrected chi connectivity index (χ2v) is 9.51. The fourth-order valence-electron chi connectivity index (χ4n) is 5.03. The molecule has 11 nitrogen and oxygen atoms in total. The van der Waals surface area contributed by atoms with Crippen molar-refractivity contribution in [3.8, 4) is 0 Å². The van der Waals surface area contributed by atoms with Gasteiger partial charge in [0.1, 0.15) is 18.1 Å². The highest BCUT2D eigenvalue weighted by atomic mass is 16.4. The number of aliphatic carboxylic acids is 1. The average Bonchev–Trinajstić information content (AvgIpc) is 3.60. The summed E-state index contributed by atoms with van der Waals surface area (Å²) < 4.78 is 0. The Morgan fingerprint density at radius 1 is 0.971 bits per heavy atom. The summed E-state index contributed by atoms with van der Waals surface area (Å²) in [6.07, 6.45) is 4.40. The van der Waals surface area contributed by atoms with Gasteiger partial charge in [-0.2, -0.15) is 0 Å². The smallest absolute Gasteiger partial charge is 0.326 e. The molecule has 3 rings (SSSR count). The van der Waals surface area contributed by atoms with Crippen LogP contribution in [0.1, 0.15) is 58.8 Å². The third-order valence-corrected chi connectivity index (χ3v) is 7.26. The molecular weight excluding hydrogens is 442 g/mol. The zero-order chi connectivity index (χ0) is 24.8. The van der Waals surface area contributed by atoms with Gasteiger partial charge in [-0.1, -0.05) is 20.3 Å². The molecule has 4 N–H and O–H groups in total. The van der Waals surface area contributed by atoms with Crippen LogP contribution in [0.4, 0.5) is 0 Å². The molecule has 3 aliphatic rings. The fourth-order valence-corrected chi connectivity index (χ4v) is 5.03. The molecule has 3 fully saturated rings. The Hall–Kier alpha value is -2.69. The van der Waals surface area contributed by atoms with Crippen molar-refractivity contribution in [3.63, 3.8) is 0 Å². The maximum Gasteiger partial charge on any atom is 0.326 e. The number of carboxylic acids is 1. The Kier molecular flexibility index (Phi) is 8.87. The van der Waals surface area contributed by atoms with Crippen LogP contribution >= 0.6 is 0 Å². The summed E-state index contributed by atoms with van der Waals surface area (Å²) >= 11 is 0. The van der Waals surface area contributed by atoms with Crippen LogP contribution in [0.25, 0.3) is 0 Å². The summed E-state index contributed by atoms with van der Waals surface area (Å²) in [5, 5.41) is 18.0. The lowest BCUT2D eigenvalue weighted by Gasteiger charge is -2.32. The Morgan fingerprint density at radius 3 is 2.26 bits per heavy atom. The van der Waals surface area contributed by atoms with E-state index in [0.29, 0.717) is 45.2 Å². The molecule has 11 heteroatoms. The van der Waals surface area contributed by atoms with Crippen molar-refractivity contribution in [2.75, 3.05) is 26.2 Å². The lowest BCUT2D eigenvalue weighted by Crippen LogP contribution is -2.58. The van der Waals surface area contributed by atoms with Crippen LogP contribution in [0.3, 0.4) is 0 Å². The van der Waals surface area contributed by atoms with E-state index in [4.69, 9.17) is 0 Å². The van der Waals surface area contributed by atoms with E-state index in [-0.39, 0.29) is 36.2 Å². The Labute approximate surface area is 200 Å². The predicted molar refractivity (Wildman–Crippen MR) is 123 cm³/mol. The highest BCUT2D eigenvalue weighted by Gasteiger charge is 2.41. The maximum absolute atomic E-state index is 13.2. The molecule has 0 spiro atoms. The molecule has 0 aliphatic carbocycles. The standard InChI is InChI=1S/C23H37N5O6/c1-3-14(2)19(22(32)28-12-6-9-17(28)23(33)34)26-21(31)16-8-5-11-27(16)18(29)13-25-20(30)15-7-4-10-24-15/h14-17,19,24H,3-13H2,1-2H3,(H,25,30)(H,26,31)(H,33,34)/t14-,15-,16-,17-,19-/m0/s1. The molecule has 3 aliphatic heterocycles. The summed E-state index contributed by atoms with van der Waals surface area (Å²) in [6, 6.07) is -2.74. The van der Waals surface area contributed by atoms with Crippen LogP contribution in [0.15, 0.2) is 0 Å². The number of nitrogens with zero attached hydrogens (tertiary/aromatic N) is 2. The molecule has 0 bridgehead atoms. The van der Waals surface area contributed by atoms with E-state index in [2.05, 4.69) is 16.0 Å². The van der Waals surface area contributed by atoms with Crippen molar-refractivity contribution in [1.29, 1.82) is 0 Å². The third kappa shape index (κ3) is 5.86. The van der Waals surface area contributed by atoms with Gasteiger partial charge in [0.25, 0.3) is 0 Å². The van der Waals surface area contributed by atoms with Crippen LogP contribution in [0, 0.1) is 5.92 Å². The van der Waals surface area contributed by atoms with Crippen LogP contribution in [0.2, 0.25) is 0 Å². The molecule has 3 saturated heterocycles. The van der Waals surface area contributed by atoms with Crippen LogP contribution in [-0.2, 0) is 24.0 Å². The van der Waals surface area contributed by atoms with Crippen molar-refractivity contribution in [2.24, 2.45) is 5.92 Å². The molecule has 190 valence electrons. The highest BCUT2D eigenvalue weighted by Crippen LogP contribution is 2.23. The fraction of sp³-hybridized carbons (Fsp3) is 0.783. The van der Waals surface area contributed by atoms with Gasteiger partial charge in [-0.15, -0.1) is 0 Å². The first kappa shape index (κ1) is 25.9. The van der Waals surface area contributed by atoms with Crippen molar-refractivity contribution < 1.29 is 29.1 Å². The first-order valence-electron chi connectivity index (χ1n) is 12.4. The van der Waals surface area contributed by atoms with Crippen LogP contribution < -0.4 is 16.0 Å². The Bertz CT molecular complexity index is 799. The Morgan fingerprint density at radius 2 is 1.65 bits per heavy atom. The summed E-state index contributed by atoms with van der Waals surface area (Å²) in [6.45, 7) is 5.11. The number of nitrogens with one attached hydrogen (secondary N) is 3. The molecule has 3 heterocycles. The highest BCUT2D eigenvalue weighted by molar-refractivity contribution is 5.95. The van der Waals surface area contributed by atoms with Gasteiger partial charge in [-0.3, -0.25) is 19.2 Å². The van der Waals surface area contributed by atoms with E-state index in [1.807, 2.05) is 13.8 Å². The zero-order valence-corrected chi connectivity index (χ0v) is 20.0. The van der Waals surface area contributed by atoms with Crippen molar-refractivity contribution in [3.05, 3.63) is 0 Å². The van der Waals surface area contributed by atoms with Crippen molar-refractivity contribution >= 4 is 29.6 Å². The normalized spacial score (nSPS) is 26.2. The van der Waals surface area contributed by atoms with E-state index >= 15 is 0 Å². The predicted octanol–water partition coefficient (Wildman–Crippen LogP) is -0.548. The number of hydrogen-bond acceptors (Lipinski definition) is 6. The van der Waals surface area contributed by atoms with E-state index in [0.717, 1.165) is 19.4 Å². The molecule has 0 unspecified atom stereocenters. The summed E-state index contributed by atoms with van der Waals surface area (Å²) in [5.41, 5.74) is 0. The lowest BCUT2D eigenvalue weighted by atomic mass is 9.96. The number of carbonyl (C=O) groups is 5. The summed E-state index contributed by atoms with van der Waals surface area (Å²) in [5.74, 6) is -2.59. The lowest BCUT2D eigenvalue weighted by molar-refractivity contribution is -0.150. The zero-order valence-electron chi connectivity index (χ0n) is 20.0. The topological polar surface area (TPSA) is 148 Å². The van der Waals surface area contributed by atoms with Gasteiger partial charge in [0.05, 0.1) is 12.6 Å². The van der Waals surface area contributed by atoms with E-state index in [9.17, 15) is 29.1 Å². The average molecular weight is 480 g/mol. The molecule has 4 amide bonds. The summed E-state index contributed by atoms with van der Waals surface area (Å²) in [4.78, 5) is 65.8. The van der Waals surface area contributed by atoms with Crippen molar-refractivity contribution in [2.45, 2.75) is 83.0 Å². The van der Waals surface area contributed by atoms with Gasteiger partial charge < -0.3 is 30.9 Å². The molecule has 0 aromatic rings. The minimum Gasteiger partial charge on any atom is -0.480 e. The van der Waals surface area contributed by atoms with Crippen LogP contribution in [-0.4, -0.2) is 94.9 Å². The number of rotatable bonds is 9. The van der Waals surface area contributed by atoms with E-state index in [1.54, 1.807) is 0 Å². The van der Waals surface area contributed by atoms with Gasteiger partial charge >= 0.3 is 5.97 Å². The first-order chi connectivity index (χ1) is 16.2. The monoisotopic (exact) mass is 479 g/mol. The first-order valence-corrected chi connectivity index (χ1v) is 12.4. The third-order valence-electron chi connectivity index (χ3n) is 7.26. The number of hydrogen-bond donors (Lipinski definition) is 4. The number of amides is 4. The molecule has 34 heavy (non-hydrogen) atoms. The quantitative estimate of drug-likeness (QED) is 0.347. The molecule has 5 atom stereocenters. The molecule has 0 saturated carbocycles. The largest absolute Gasteiger partial charge is 0.480 e. The van der Waals surface area contributed by atoms with E-state index < -0.39 is 30.0 Å². The Balaban J connectivity index is 1.62. The summed E-state index contributed by atoms with van der Waals surface area (Å²) in [7, 11) is 0. The van der Waals surface area contributed by atoms with E-state index in [1.165, 1.54) is 9.80 Å². The van der Waals surface area contributed by atoms with Gasteiger partial charge in [-0.05, 0) is 51.0 Å². The second-order valence-electron chi connectivity index (χ2n) is 9.51. The molecule has 0 aromatic carbocycles. The molecular formula is C23H37N5O6.